The van der Waals surface area contributed by atoms with Gasteiger partial charge in [0.2, 0.25) is 0 Å². The van der Waals surface area contributed by atoms with Gasteiger partial charge >= 0.3 is 5.97 Å². The summed E-state index contributed by atoms with van der Waals surface area (Å²) in [5.74, 6) is -0.863. The summed E-state index contributed by atoms with van der Waals surface area (Å²) in [7, 11) is 0. The van der Waals surface area contributed by atoms with Crippen molar-refractivity contribution >= 4 is 17.3 Å². The van der Waals surface area contributed by atoms with Gasteiger partial charge in [-0.05, 0) is 32.3 Å². The van der Waals surface area contributed by atoms with Gasteiger partial charge in [-0.3, -0.25) is 4.79 Å². The Bertz CT molecular complexity index is 639. The van der Waals surface area contributed by atoms with E-state index in [0.29, 0.717) is 12.8 Å². The van der Waals surface area contributed by atoms with Crippen molar-refractivity contribution in [3.8, 4) is 0 Å². The van der Waals surface area contributed by atoms with Crippen LogP contribution in [0.1, 0.15) is 28.1 Å². The molecule has 0 amide bonds. The average Bonchev–Trinajstić information content (AvgIpc) is 2.85. The minimum Gasteiger partial charge on any atom is -0.481 e. The molecule has 0 saturated carbocycles. The maximum absolute atomic E-state index is 11.9. The summed E-state index contributed by atoms with van der Waals surface area (Å²) < 4.78 is 0. The zero-order valence-corrected chi connectivity index (χ0v) is 13.1. The van der Waals surface area contributed by atoms with Crippen LogP contribution in [0.15, 0.2) is 29.8 Å². The molecule has 3 N–H and O–H groups in total. The molecule has 0 aliphatic carbocycles. The van der Waals surface area contributed by atoms with Crippen LogP contribution >= 0.6 is 11.3 Å². The van der Waals surface area contributed by atoms with Crippen molar-refractivity contribution in [1.82, 2.24) is 4.98 Å². The molecule has 0 saturated heterocycles. The second kappa shape index (κ2) is 6.37. The summed E-state index contributed by atoms with van der Waals surface area (Å²) in [4.78, 5) is 17.3. The number of aryl methyl sites for hydroxylation is 3. The highest BCUT2D eigenvalue weighted by Gasteiger charge is 2.39. The molecule has 1 heterocycles. The van der Waals surface area contributed by atoms with E-state index in [4.69, 9.17) is 5.73 Å². The molecule has 21 heavy (non-hydrogen) atoms. The Labute approximate surface area is 128 Å². The quantitative estimate of drug-likeness (QED) is 0.860. The molecule has 0 fully saturated rings. The molecular formula is C16H20N2O2S. The summed E-state index contributed by atoms with van der Waals surface area (Å²) in [6, 6.07) is 7.62. The Balaban J connectivity index is 2.33. The first-order valence-corrected chi connectivity index (χ1v) is 7.77. The molecule has 0 spiro atoms. The van der Waals surface area contributed by atoms with Gasteiger partial charge in [-0.15, -0.1) is 11.3 Å². The largest absolute Gasteiger partial charge is 0.481 e. The third kappa shape index (κ3) is 3.14. The first-order valence-electron chi connectivity index (χ1n) is 6.89. The second-order valence-corrected chi connectivity index (χ2v) is 6.26. The van der Waals surface area contributed by atoms with E-state index >= 15 is 0 Å². The monoisotopic (exact) mass is 304 g/mol. The first-order chi connectivity index (χ1) is 9.99. The lowest BCUT2D eigenvalue weighted by Crippen LogP contribution is -2.43. The molecule has 0 aliphatic rings. The fraction of sp³-hybridized carbons (Fsp3) is 0.375. The first kappa shape index (κ1) is 15.7. The van der Waals surface area contributed by atoms with E-state index in [1.165, 1.54) is 0 Å². The van der Waals surface area contributed by atoms with Crippen LogP contribution in [-0.4, -0.2) is 22.6 Å². The number of aliphatic carboxylic acids is 1. The minimum absolute atomic E-state index is 0.0869. The number of aromatic nitrogens is 1. The maximum atomic E-state index is 11.9. The molecule has 5 heteroatoms. The Kier molecular flexibility index (Phi) is 4.75. The van der Waals surface area contributed by atoms with Gasteiger partial charge in [-0.25, -0.2) is 4.98 Å². The van der Waals surface area contributed by atoms with Gasteiger partial charge in [0.1, 0.15) is 5.41 Å². The van der Waals surface area contributed by atoms with Crippen molar-refractivity contribution in [3.63, 3.8) is 0 Å². The molecule has 4 nitrogen and oxygen atoms in total. The Morgan fingerprint density at radius 1 is 1.43 bits per heavy atom. The number of hydrogen-bond donors (Lipinski definition) is 2. The predicted molar refractivity (Wildman–Crippen MR) is 84.7 cm³/mol. The number of carboxylic acids is 1. The highest BCUT2D eigenvalue weighted by atomic mass is 32.1. The van der Waals surface area contributed by atoms with Crippen molar-refractivity contribution < 1.29 is 9.90 Å². The highest BCUT2D eigenvalue weighted by Crippen LogP contribution is 2.31. The average molecular weight is 304 g/mol. The van der Waals surface area contributed by atoms with Gasteiger partial charge in [0, 0.05) is 11.4 Å². The molecule has 112 valence electrons. The van der Waals surface area contributed by atoms with Crippen LogP contribution in [0.3, 0.4) is 0 Å². The summed E-state index contributed by atoms with van der Waals surface area (Å²) in [6.45, 7) is 3.99. The van der Waals surface area contributed by atoms with Gasteiger partial charge in [0.25, 0.3) is 0 Å². The van der Waals surface area contributed by atoms with E-state index < -0.39 is 11.4 Å². The number of nitrogens with two attached hydrogens (primary N) is 1. The summed E-state index contributed by atoms with van der Waals surface area (Å²) in [5, 5.41) is 9.77. The molecule has 1 unspecified atom stereocenters. The van der Waals surface area contributed by atoms with E-state index in [9.17, 15) is 9.90 Å². The van der Waals surface area contributed by atoms with Gasteiger partial charge in [0.15, 0.2) is 0 Å². The minimum atomic E-state index is -1.04. The number of benzene rings is 1. The Morgan fingerprint density at radius 3 is 2.71 bits per heavy atom. The fourth-order valence-electron chi connectivity index (χ4n) is 2.52. The topological polar surface area (TPSA) is 76.2 Å². The molecule has 2 aromatic rings. The summed E-state index contributed by atoms with van der Waals surface area (Å²) >= 11 is 1.57. The number of carbonyl (C=O) groups is 1. The van der Waals surface area contributed by atoms with Crippen molar-refractivity contribution in [2.45, 2.75) is 32.1 Å². The third-order valence-electron chi connectivity index (χ3n) is 3.95. The van der Waals surface area contributed by atoms with Crippen LogP contribution in [0.5, 0.6) is 0 Å². The molecule has 0 bridgehead atoms. The van der Waals surface area contributed by atoms with Crippen molar-refractivity contribution in [2.75, 3.05) is 6.54 Å². The van der Waals surface area contributed by atoms with Gasteiger partial charge in [0.05, 0.1) is 11.2 Å². The standard InChI is InChI=1S/C16H20N2O2S/c1-11-4-3-5-13(8-11)16(9-17,15(19)20)7-6-14-12(2)18-10-21-14/h3-5,8,10H,6-7,9,17H2,1-2H3,(H,19,20). The highest BCUT2D eigenvalue weighted by molar-refractivity contribution is 7.09. The zero-order valence-electron chi connectivity index (χ0n) is 12.3. The second-order valence-electron chi connectivity index (χ2n) is 5.32. The normalized spacial score (nSPS) is 13.9. The number of hydrogen-bond acceptors (Lipinski definition) is 4. The van der Waals surface area contributed by atoms with Gasteiger partial charge in [-0.2, -0.15) is 0 Å². The van der Waals surface area contributed by atoms with Crippen LogP contribution in [0, 0.1) is 13.8 Å². The number of carboxylic acid groups (broad SMARTS) is 1. The molecule has 0 aliphatic heterocycles. The molecule has 1 aromatic carbocycles. The lowest BCUT2D eigenvalue weighted by Gasteiger charge is -2.28. The van der Waals surface area contributed by atoms with Gasteiger partial charge in [-0.1, -0.05) is 29.8 Å². The summed E-state index contributed by atoms with van der Waals surface area (Å²) in [6.07, 6.45) is 1.15. The van der Waals surface area contributed by atoms with Crippen molar-refractivity contribution in [3.05, 3.63) is 51.5 Å². The van der Waals surface area contributed by atoms with Crippen LogP contribution < -0.4 is 5.73 Å². The van der Waals surface area contributed by atoms with Crippen LogP contribution in [0.25, 0.3) is 0 Å². The van der Waals surface area contributed by atoms with Crippen molar-refractivity contribution in [2.24, 2.45) is 5.73 Å². The zero-order chi connectivity index (χ0) is 15.5. The van der Waals surface area contributed by atoms with Gasteiger partial charge < -0.3 is 10.8 Å². The van der Waals surface area contributed by atoms with Crippen molar-refractivity contribution in [1.29, 1.82) is 0 Å². The fourth-order valence-corrected chi connectivity index (χ4v) is 3.30. The molecule has 2 rings (SSSR count). The van der Waals surface area contributed by atoms with E-state index in [1.54, 1.807) is 16.8 Å². The maximum Gasteiger partial charge on any atom is 0.315 e. The molecule has 1 atom stereocenters. The number of thiazole rings is 1. The molecule has 0 radical (unpaired) electrons. The Morgan fingerprint density at radius 2 is 2.19 bits per heavy atom. The Hall–Kier alpha value is -1.72. The lowest BCUT2D eigenvalue weighted by atomic mass is 9.76. The predicted octanol–water partition coefficient (Wildman–Crippen LogP) is 2.67. The van der Waals surface area contributed by atoms with Crippen LogP contribution in [0.2, 0.25) is 0 Å². The number of nitrogens with zero attached hydrogens (tertiary/aromatic N) is 1. The molecular weight excluding hydrogens is 284 g/mol. The smallest absolute Gasteiger partial charge is 0.315 e. The lowest BCUT2D eigenvalue weighted by molar-refractivity contribution is -0.143. The number of rotatable bonds is 6. The van der Waals surface area contributed by atoms with Crippen LogP contribution in [0.4, 0.5) is 0 Å². The SMILES string of the molecule is Cc1cccc(C(CN)(CCc2scnc2C)C(=O)O)c1. The third-order valence-corrected chi connectivity index (χ3v) is 4.95. The van der Waals surface area contributed by atoms with E-state index in [2.05, 4.69) is 4.98 Å². The summed E-state index contributed by atoms with van der Waals surface area (Å²) in [5.41, 5.74) is 9.42. The van der Waals surface area contributed by atoms with E-state index in [1.807, 2.05) is 38.1 Å². The van der Waals surface area contributed by atoms with E-state index in [0.717, 1.165) is 21.7 Å². The molecule has 1 aromatic heterocycles. The van der Waals surface area contributed by atoms with Crippen LogP contribution in [-0.2, 0) is 16.6 Å². The van der Waals surface area contributed by atoms with E-state index in [-0.39, 0.29) is 6.54 Å².